The van der Waals surface area contributed by atoms with Gasteiger partial charge in [0.25, 0.3) is 0 Å². The predicted molar refractivity (Wildman–Crippen MR) is 58.1 cm³/mol. The van der Waals surface area contributed by atoms with Gasteiger partial charge in [0.2, 0.25) is 6.30 Å². The number of aliphatic hydroxyl groups excluding tert-OH is 1. The first kappa shape index (κ1) is 11.5. The second-order valence-electron chi connectivity index (χ2n) is 3.43. The number of ether oxygens (including phenoxy) is 1. The molecular weight excluding hydrogens is 225 g/mol. The third-order valence-electron chi connectivity index (χ3n) is 2.41. The second kappa shape index (κ2) is 4.92. The maximum Gasteiger partial charge on any atom is 0.223 e. The Labute approximate surface area is 97.5 Å². The molecule has 90 valence electrons. The summed E-state index contributed by atoms with van der Waals surface area (Å²) in [6.07, 6.45) is -0.633. The lowest BCUT2D eigenvalue weighted by Crippen LogP contribution is -2.14. The van der Waals surface area contributed by atoms with Crippen LogP contribution in [-0.2, 0) is 0 Å². The maximum absolute atomic E-state index is 13.9. The van der Waals surface area contributed by atoms with Crippen LogP contribution < -0.4 is 4.74 Å². The number of aliphatic hydroxyl groups is 1. The minimum absolute atomic E-state index is 0.373. The van der Waals surface area contributed by atoms with Gasteiger partial charge in [0, 0.05) is 5.56 Å². The number of hydrogen-bond acceptors (Lipinski definition) is 4. The molecule has 2 unspecified atom stereocenters. The standard InChI is InChI=1S/C11H12FN3O2/c1-17-9-5-3-2-4-8(9)10(16)11(12)15-7-13-6-14-15/h2-7,10-11,16H,1H3. The number of hydrogen-bond donors (Lipinski definition) is 1. The summed E-state index contributed by atoms with van der Waals surface area (Å²) in [5.41, 5.74) is 0.373. The number of benzene rings is 1. The molecule has 2 rings (SSSR count). The summed E-state index contributed by atoms with van der Waals surface area (Å²) in [5, 5.41) is 13.6. The molecule has 0 saturated carbocycles. The van der Waals surface area contributed by atoms with Crippen molar-refractivity contribution in [3.05, 3.63) is 42.5 Å². The summed E-state index contributed by atoms with van der Waals surface area (Å²) in [5.74, 6) is 0.433. The molecule has 0 amide bonds. The molecule has 1 N–H and O–H groups in total. The number of methoxy groups -OCH3 is 1. The van der Waals surface area contributed by atoms with Crippen LogP contribution in [0.2, 0.25) is 0 Å². The predicted octanol–water partition coefficient (Wildman–Crippen LogP) is 1.49. The van der Waals surface area contributed by atoms with Gasteiger partial charge >= 0.3 is 0 Å². The summed E-state index contributed by atoms with van der Waals surface area (Å²) in [4.78, 5) is 3.63. The molecule has 0 radical (unpaired) electrons. The van der Waals surface area contributed by atoms with Crippen LogP contribution in [0.25, 0.3) is 0 Å². The Bertz CT molecular complexity index is 475. The highest BCUT2D eigenvalue weighted by atomic mass is 19.1. The van der Waals surface area contributed by atoms with Crippen LogP contribution in [0.3, 0.4) is 0 Å². The molecule has 6 heteroatoms. The Morgan fingerprint density at radius 2 is 2.18 bits per heavy atom. The highest BCUT2D eigenvalue weighted by Crippen LogP contribution is 2.32. The van der Waals surface area contributed by atoms with Crippen LogP contribution in [0.1, 0.15) is 18.0 Å². The summed E-state index contributed by atoms with van der Waals surface area (Å²) < 4.78 is 19.9. The van der Waals surface area contributed by atoms with Gasteiger partial charge in [-0.3, -0.25) is 0 Å². The van der Waals surface area contributed by atoms with Gasteiger partial charge in [0.1, 0.15) is 24.5 Å². The average Bonchev–Trinajstić information content (AvgIpc) is 2.90. The van der Waals surface area contributed by atoms with Crippen LogP contribution in [-0.4, -0.2) is 27.0 Å². The largest absolute Gasteiger partial charge is 0.496 e. The van der Waals surface area contributed by atoms with Crippen molar-refractivity contribution in [1.82, 2.24) is 14.8 Å². The average molecular weight is 237 g/mol. The number of para-hydroxylation sites is 1. The Morgan fingerprint density at radius 3 is 2.82 bits per heavy atom. The molecule has 1 aromatic carbocycles. The van der Waals surface area contributed by atoms with Crippen molar-refractivity contribution in [3.8, 4) is 5.75 Å². The van der Waals surface area contributed by atoms with Crippen LogP contribution in [0.4, 0.5) is 4.39 Å². The van der Waals surface area contributed by atoms with E-state index in [1.807, 2.05) is 0 Å². The fraction of sp³-hybridized carbons (Fsp3) is 0.273. The van der Waals surface area contributed by atoms with E-state index >= 15 is 0 Å². The first-order valence-electron chi connectivity index (χ1n) is 5.03. The molecule has 0 saturated heterocycles. The van der Waals surface area contributed by atoms with Crippen LogP contribution >= 0.6 is 0 Å². The third-order valence-corrected chi connectivity index (χ3v) is 2.41. The zero-order chi connectivity index (χ0) is 12.3. The molecule has 0 aliphatic rings. The zero-order valence-electron chi connectivity index (χ0n) is 9.19. The molecule has 0 aliphatic heterocycles. The Balaban J connectivity index is 2.27. The molecule has 1 heterocycles. The van der Waals surface area contributed by atoms with E-state index in [9.17, 15) is 9.50 Å². The molecule has 0 aliphatic carbocycles. The molecular formula is C11H12FN3O2. The summed E-state index contributed by atoms with van der Waals surface area (Å²) in [6, 6.07) is 6.71. The van der Waals surface area contributed by atoms with Crippen molar-refractivity contribution in [1.29, 1.82) is 0 Å². The van der Waals surface area contributed by atoms with Crippen molar-refractivity contribution in [2.75, 3.05) is 7.11 Å². The number of alkyl halides is 1. The van der Waals surface area contributed by atoms with Crippen molar-refractivity contribution in [3.63, 3.8) is 0 Å². The van der Waals surface area contributed by atoms with Crippen LogP contribution in [0.15, 0.2) is 36.9 Å². The lowest BCUT2D eigenvalue weighted by molar-refractivity contribution is 0.0238. The lowest BCUT2D eigenvalue weighted by atomic mass is 10.1. The fourth-order valence-corrected chi connectivity index (χ4v) is 1.55. The van der Waals surface area contributed by atoms with Crippen LogP contribution in [0.5, 0.6) is 5.75 Å². The van der Waals surface area contributed by atoms with Gasteiger partial charge in [-0.2, -0.15) is 5.10 Å². The fourth-order valence-electron chi connectivity index (χ4n) is 1.55. The van der Waals surface area contributed by atoms with Gasteiger partial charge in [-0.15, -0.1) is 0 Å². The SMILES string of the molecule is COc1ccccc1C(O)C(F)n1cncn1. The topological polar surface area (TPSA) is 60.2 Å². The van der Waals surface area contributed by atoms with Crippen molar-refractivity contribution >= 4 is 0 Å². The summed E-state index contributed by atoms with van der Waals surface area (Å²) >= 11 is 0. The van der Waals surface area contributed by atoms with Gasteiger partial charge in [-0.1, -0.05) is 18.2 Å². The lowest BCUT2D eigenvalue weighted by Gasteiger charge is -2.18. The molecule has 0 fully saturated rings. The van der Waals surface area contributed by atoms with E-state index < -0.39 is 12.4 Å². The molecule has 2 atom stereocenters. The van der Waals surface area contributed by atoms with Gasteiger partial charge in [0.05, 0.1) is 7.11 Å². The first-order chi connectivity index (χ1) is 8.24. The quantitative estimate of drug-likeness (QED) is 0.875. The van der Waals surface area contributed by atoms with Gasteiger partial charge in [-0.25, -0.2) is 14.1 Å². The molecule has 2 aromatic rings. The highest BCUT2D eigenvalue weighted by molar-refractivity contribution is 5.35. The third kappa shape index (κ3) is 2.26. The molecule has 1 aromatic heterocycles. The molecule has 5 nitrogen and oxygen atoms in total. The first-order valence-corrected chi connectivity index (χ1v) is 5.03. The number of rotatable bonds is 4. The Kier molecular flexibility index (Phi) is 3.34. The molecule has 0 spiro atoms. The number of nitrogens with zero attached hydrogens (tertiary/aromatic N) is 3. The highest BCUT2D eigenvalue weighted by Gasteiger charge is 2.25. The summed E-state index contributed by atoms with van der Waals surface area (Å²) in [7, 11) is 1.47. The second-order valence-corrected chi connectivity index (χ2v) is 3.43. The van der Waals surface area contributed by atoms with Gasteiger partial charge in [-0.05, 0) is 6.07 Å². The van der Waals surface area contributed by atoms with E-state index in [2.05, 4.69) is 10.1 Å². The molecule has 17 heavy (non-hydrogen) atoms. The van der Waals surface area contributed by atoms with E-state index in [1.165, 1.54) is 19.8 Å². The van der Waals surface area contributed by atoms with E-state index in [0.717, 1.165) is 4.68 Å². The van der Waals surface area contributed by atoms with E-state index in [-0.39, 0.29) is 0 Å². The van der Waals surface area contributed by atoms with Crippen molar-refractivity contribution in [2.24, 2.45) is 0 Å². The van der Waals surface area contributed by atoms with Crippen LogP contribution in [0, 0.1) is 0 Å². The molecule has 0 bridgehead atoms. The van der Waals surface area contributed by atoms with Gasteiger partial charge in [0.15, 0.2) is 0 Å². The van der Waals surface area contributed by atoms with E-state index in [4.69, 9.17) is 4.74 Å². The van der Waals surface area contributed by atoms with E-state index in [1.54, 1.807) is 24.3 Å². The van der Waals surface area contributed by atoms with E-state index in [0.29, 0.717) is 11.3 Å². The van der Waals surface area contributed by atoms with Crippen molar-refractivity contribution < 1.29 is 14.2 Å². The maximum atomic E-state index is 13.9. The zero-order valence-corrected chi connectivity index (χ0v) is 9.19. The number of halogens is 1. The summed E-state index contributed by atoms with van der Waals surface area (Å²) in [6.45, 7) is 0. The Morgan fingerprint density at radius 1 is 1.41 bits per heavy atom. The monoisotopic (exact) mass is 237 g/mol. The number of aromatic nitrogens is 3. The minimum Gasteiger partial charge on any atom is -0.496 e. The minimum atomic E-state index is -1.70. The Hall–Kier alpha value is -1.95. The van der Waals surface area contributed by atoms with Crippen molar-refractivity contribution in [2.45, 2.75) is 12.4 Å². The van der Waals surface area contributed by atoms with Gasteiger partial charge < -0.3 is 9.84 Å². The smallest absolute Gasteiger partial charge is 0.223 e. The normalized spacial score (nSPS) is 14.3.